The predicted molar refractivity (Wildman–Crippen MR) is 88.7 cm³/mol. The summed E-state index contributed by atoms with van der Waals surface area (Å²) >= 11 is 0. The number of nitrogens with zero attached hydrogens (tertiary/aromatic N) is 3. The second kappa shape index (κ2) is 7.00. The number of ether oxygens (including phenoxy) is 1. The summed E-state index contributed by atoms with van der Waals surface area (Å²) < 4.78 is 10.9. The van der Waals surface area contributed by atoms with Crippen molar-refractivity contribution in [2.24, 2.45) is 0 Å². The number of hydrogen-bond acceptors (Lipinski definition) is 6. The van der Waals surface area contributed by atoms with Gasteiger partial charge in [0.05, 0.1) is 31.0 Å². The molecule has 0 radical (unpaired) electrons. The third-order valence-electron chi connectivity index (χ3n) is 4.29. The molecule has 7 nitrogen and oxygen atoms in total. The fourth-order valence-corrected chi connectivity index (χ4v) is 2.84. The van der Waals surface area contributed by atoms with Gasteiger partial charge < -0.3 is 19.5 Å². The molecule has 2 aromatic heterocycles. The lowest BCUT2D eigenvalue weighted by Gasteiger charge is -2.32. The number of aryl methyl sites for hydroxylation is 2. The fourth-order valence-electron chi connectivity index (χ4n) is 2.84. The van der Waals surface area contributed by atoms with Crippen molar-refractivity contribution in [2.75, 3.05) is 32.1 Å². The van der Waals surface area contributed by atoms with Gasteiger partial charge in [0.25, 0.3) is 0 Å². The molecule has 3 heterocycles. The van der Waals surface area contributed by atoms with Gasteiger partial charge in [-0.25, -0.2) is 4.98 Å². The highest BCUT2D eigenvalue weighted by Gasteiger charge is 2.27. The Morgan fingerprint density at radius 2 is 2.25 bits per heavy atom. The Morgan fingerprint density at radius 3 is 2.96 bits per heavy atom. The van der Waals surface area contributed by atoms with E-state index in [4.69, 9.17) is 9.26 Å². The van der Waals surface area contributed by atoms with Gasteiger partial charge >= 0.3 is 0 Å². The molecule has 0 aliphatic carbocycles. The minimum Gasteiger partial charge on any atom is -0.373 e. The number of morpholine rings is 1. The van der Waals surface area contributed by atoms with Gasteiger partial charge in [-0.05, 0) is 26.0 Å². The van der Waals surface area contributed by atoms with Crippen LogP contribution in [-0.2, 0) is 16.0 Å². The first kappa shape index (κ1) is 16.4. The number of pyridine rings is 1. The summed E-state index contributed by atoms with van der Waals surface area (Å²) in [5.74, 6) is 1.55. The molecule has 2 aromatic rings. The standard InChI is InChI=1S/C17H22N4O3/c1-11-13(12(2)24-20-11)9-17(22)21-7-8-23-15(10-21)14-5-4-6-16(18-3)19-14/h4-6,15H,7-10H2,1-3H3,(H,18,19)/t15-/m0/s1. The molecule has 1 aliphatic heterocycles. The molecule has 0 bridgehead atoms. The summed E-state index contributed by atoms with van der Waals surface area (Å²) in [6.45, 7) is 5.28. The Morgan fingerprint density at radius 1 is 1.42 bits per heavy atom. The van der Waals surface area contributed by atoms with E-state index < -0.39 is 0 Å². The van der Waals surface area contributed by atoms with Crippen LogP contribution in [0.5, 0.6) is 0 Å². The Bertz CT molecular complexity index is 709. The van der Waals surface area contributed by atoms with E-state index in [9.17, 15) is 4.79 Å². The summed E-state index contributed by atoms with van der Waals surface area (Å²) in [6, 6.07) is 5.75. The number of rotatable bonds is 4. The van der Waals surface area contributed by atoms with Gasteiger partial charge in [0.1, 0.15) is 17.7 Å². The van der Waals surface area contributed by atoms with E-state index in [0.29, 0.717) is 31.9 Å². The maximum Gasteiger partial charge on any atom is 0.227 e. The number of aromatic nitrogens is 2. The highest BCUT2D eigenvalue weighted by atomic mass is 16.5. The van der Waals surface area contributed by atoms with Crippen molar-refractivity contribution in [3.8, 4) is 0 Å². The molecule has 1 fully saturated rings. The molecule has 0 saturated carbocycles. The largest absolute Gasteiger partial charge is 0.373 e. The van der Waals surface area contributed by atoms with E-state index in [2.05, 4.69) is 15.5 Å². The number of anilines is 1. The Kier molecular flexibility index (Phi) is 4.80. The first-order valence-electron chi connectivity index (χ1n) is 8.04. The minimum atomic E-state index is -0.208. The van der Waals surface area contributed by atoms with E-state index in [1.165, 1.54) is 0 Å². The summed E-state index contributed by atoms with van der Waals surface area (Å²) in [4.78, 5) is 19.0. The van der Waals surface area contributed by atoms with E-state index >= 15 is 0 Å². The minimum absolute atomic E-state index is 0.0578. The lowest BCUT2D eigenvalue weighted by Crippen LogP contribution is -2.43. The summed E-state index contributed by atoms with van der Waals surface area (Å²) in [5, 5.41) is 6.93. The van der Waals surface area contributed by atoms with Crippen molar-refractivity contribution in [3.63, 3.8) is 0 Å². The highest BCUT2D eigenvalue weighted by Crippen LogP contribution is 2.23. The average Bonchev–Trinajstić information content (AvgIpc) is 2.94. The van der Waals surface area contributed by atoms with Gasteiger partial charge in [0.15, 0.2) is 0 Å². The van der Waals surface area contributed by atoms with E-state index in [0.717, 1.165) is 22.8 Å². The zero-order chi connectivity index (χ0) is 17.1. The van der Waals surface area contributed by atoms with Crippen molar-refractivity contribution in [1.82, 2.24) is 15.0 Å². The Balaban J connectivity index is 1.69. The zero-order valence-electron chi connectivity index (χ0n) is 14.2. The summed E-state index contributed by atoms with van der Waals surface area (Å²) in [5.41, 5.74) is 2.48. The maximum absolute atomic E-state index is 12.6. The molecule has 1 N–H and O–H groups in total. The van der Waals surface area contributed by atoms with Gasteiger partial charge in [-0.2, -0.15) is 0 Å². The summed E-state index contributed by atoms with van der Waals surface area (Å²) in [6.07, 6.45) is 0.0957. The average molecular weight is 330 g/mol. The molecular weight excluding hydrogens is 308 g/mol. The maximum atomic E-state index is 12.6. The molecule has 128 valence electrons. The Hall–Kier alpha value is -2.41. The molecule has 0 spiro atoms. The topological polar surface area (TPSA) is 80.5 Å². The van der Waals surface area contributed by atoms with Crippen molar-refractivity contribution in [2.45, 2.75) is 26.4 Å². The van der Waals surface area contributed by atoms with Crippen LogP contribution in [0.3, 0.4) is 0 Å². The highest BCUT2D eigenvalue weighted by molar-refractivity contribution is 5.79. The zero-order valence-corrected chi connectivity index (χ0v) is 14.2. The van der Waals surface area contributed by atoms with Crippen LogP contribution >= 0.6 is 0 Å². The quantitative estimate of drug-likeness (QED) is 0.922. The Labute approximate surface area is 141 Å². The van der Waals surface area contributed by atoms with Crippen molar-refractivity contribution >= 4 is 11.7 Å². The smallest absolute Gasteiger partial charge is 0.227 e. The molecule has 1 saturated heterocycles. The van der Waals surface area contributed by atoms with Gasteiger partial charge in [0.2, 0.25) is 5.91 Å². The second-order valence-corrected chi connectivity index (χ2v) is 5.88. The van der Waals surface area contributed by atoms with E-state index in [1.54, 1.807) is 0 Å². The van der Waals surface area contributed by atoms with Crippen molar-refractivity contribution in [1.29, 1.82) is 0 Å². The molecule has 1 aliphatic rings. The molecular formula is C17H22N4O3. The third kappa shape index (κ3) is 3.41. The van der Waals surface area contributed by atoms with Gasteiger partial charge in [-0.15, -0.1) is 0 Å². The van der Waals surface area contributed by atoms with Crippen LogP contribution < -0.4 is 5.32 Å². The molecule has 1 atom stereocenters. The normalized spacial score (nSPS) is 17.8. The molecule has 0 aromatic carbocycles. The van der Waals surface area contributed by atoms with Crippen LogP contribution in [0.1, 0.15) is 28.8 Å². The van der Waals surface area contributed by atoms with Crippen molar-refractivity contribution in [3.05, 3.63) is 40.9 Å². The van der Waals surface area contributed by atoms with Crippen LogP contribution in [-0.4, -0.2) is 47.7 Å². The number of carbonyl (C=O) groups is 1. The number of hydrogen-bond donors (Lipinski definition) is 1. The van der Waals surface area contributed by atoms with Gasteiger partial charge in [-0.3, -0.25) is 4.79 Å². The third-order valence-corrected chi connectivity index (χ3v) is 4.29. The van der Waals surface area contributed by atoms with E-state index in [-0.39, 0.29) is 12.0 Å². The first-order valence-corrected chi connectivity index (χ1v) is 8.04. The number of carbonyl (C=O) groups excluding carboxylic acids is 1. The molecule has 7 heteroatoms. The number of nitrogens with one attached hydrogen (secondary N) is 1. The summed E-state index contributed by atoms with van der Waals surface area (Å²) in [7, 11) is 1.83. The van der Waals surface area contributed by atoms with Crippen LogP contribution in [0.2, 0.25) is 0 Å². The second-order valence-electron chi connectivity index (χ2n) is 5.88. The van der Waals surface area contributed by atoms with Gasteiger partial charge in [-0.1, -0.05) is 11.2 Å². The van der Waals surface area contributed by atoms with Crippen LogP contribution in [0, 0.1) is 13.8 Å². The van der Waals surface area contributed by atoms with Crippen molar-refractivity contribution < 1.29 is 14.1 Å². The molecule has 24 heavy (non-hydrogen) atoms. The lowest BCUT2D eigenvalue weighted by molar-refractivity contribution is -0.138. The van der Waals surface area contributed by atoms with Crippen LogP contribution in [0.25, 0.3) is 0 Å². The molecule has 1 amide bonds. The monoisotopic (exact) mass is 330 g/mol. The SMILES string of the molecule is CNc1cccc([C@@H]2CN(C(=O)Cc3c(C)noc3C)CCO2)n1. The predicted octanol–water partition coefficient (Wildman–Crippen LogP) is 1.87. The molecule has 3 rings (SSSR count). The first-order chi connectivity index (χ1) is 11.6. The lowest BCUT2D eigenvalue weighted by atomic mass is 10.1. The van der Waals surface area contributed by atoms with Crippen LogP contribution in [0.4, 0.5) is 5.82 Å². The number of amides is 1. The van der Waals surface area contributed by atoms with E-state index in [1.807, 2.05) is 44.0 Å². The van der Waals surface area contributed by atoms with Crippen LogP contribution in [0.15, 0.2) is 22.7 Å². The fraction of sp³-hybridized carbons (Fsp3) is 0.471. The van der Waals surface area contributed by atoms with Gasteiger partial charge in [0, 0.05) is 19.2 Å². The molecule has 0 unspecified atom stereocenters.